The van der Waals surface area contributed by atoms with E-state index in [1.807, 2.05) is 78.2 Å². The van der Waals surface area contributed by atoms with E-state index in [-0.39, 0.29) is 18.9 Å². The quantitative estimate of drug-likeness (QED) is 0.389. The molecule has 35 heavy (non-hydrogen) atoms. The molecular weight excluding hydrogens is 462 g/mol. The van der Waals surface area contributed by atoms with Gasteiger partial charge in [-0.05, 0) is 17.7 Å². The van der Waals surface area contributed by atoms with E-state index >= 15 is 0 Å². The van der Waals surface area contributed by atoms with Crippen molar-refractivity contribution in [2.75, 3.05) is 4.90 Å². The number of hydrogen-bond donors (Lipinski definition) is 1. The fraction of sp³-hybridized carbons (Fsp3) is 0.111. The van der Waals surface area contributed by atoms with E-state index < -0.39 is 18.0 Å². The Morgan fingerprint density at radius 1 is 0.943 bits per heavy atom. The summed E-state index contributed by atoms with van der Waals surface area (Å²) < 4.78 is 5.18. The molecule has 8 heteroatoms. The van der Waals surface area contributed by atoms with Crippen LogP contribution in [-0.4, -0.2) is 28.9 Å². The van der Waals surface area contributed by atoms with Gasteiger partial charge in [-0.2, -0.15) is 0 Å². The molecule has 174 valence electrons. The van der Waals surface area contributed by atoms with E-state index in [0.717, 1.165) is 32.3 Å². The van der Waals surface area contributed by atoms with Crippen molar-refractivity contribution in [3.8, 4) is 21.8 Å². The van der Waals surface area contributed by atoms with Crippen molar-refractivity contribution in [3.05, 3.63) is 95.9 Å². The molecule has 0 spiro atoms. The fourth-order valence-electron chi connectivity index (χ4n) is 3.82. The van der Waals surface area contributed by atoms with Gasteiger partial charge in [0.05, 0.1) is 17.8 Å². The molecule has 7 nitrogen and oxygen atoms in total. The summed E-state index contributed by atoms with van der Waals surface area (Å²) in [7, 11) is 0. The first kappa shape index (κ1) is 22.5. The van der Waals surface area contributed by atoms with Crippen LogP contribution in [0, 0.1) is 0 Å². The fourth-order valence-corrected chi connectivity index (χ4v) is 4.66. The number of hydrogen-bond acceptors (Lipinski definition) is 6. The van der Waals surface area contributed by atoms with Crippen molar-refractivity contribution >= 4 is 34.9 Å². The van der Waals surface area contributed by atoms with Crippen LogP contribution < -0.4 is 10.2 Å². The van der Waals surface area contributed by atoms with Gasteiger partial charge in [-0.15, -0.1) is 11.3 Å². The van der Waals surface area contributed by atoms with Gasteiger partial charge in [0.1, 0.15) is 17.7 Å². The number of ether oxygens (including phenoxy) is 1. The van der Waals surface area contributed by atoms with E-state index in [2.05, 4.69) is 5.32 Å². The lowest BCUT2D eigenvalue weighted by molar-refractivity contribution is -0.121. The Balaban J connectivity index is 1.23. The normalized spacial score (nSPS) is 15.3. The zero-order chi connectivity index (χ0) is 24.2. The number of carbonyl (C=O) groups is 3. The molecule has 5 rings (SSSR count). The molecule has 3 amide bonds. The first-order valence-corrected chi connectivity index (χ1v) is 11.9. The van der Waals surface area contributed by atoms with E-state index in [1.165, 1.54) is 0 Å². The number of thiazole rings is 1. The topological polar surface area (TPSA) is 88.6 Å². The molecule has 0 aliphatic carbocycles. The van der Waals surface area contributed by atoms with E-state index in [1.54, 1.807) is 23.5 Å². The summed E-state index contributed by atoms with van der Waals surface area (Å²) in [4.78, 5) is 43.4. The molecular formula is C27H21N3O4S. The van der Waals surface area contributed by atoms with Crippen LogP contribution in [0.4, 0.5) is 10.5 Å². The number of nitrogens with one attached hydrogen (secondary N) is 1. The van der Waals surface area contributed by atoms with Crippen LogP contribution in [0.3, 0.4) is 0 Å². The summed E-state index contributed by atoms with van der Waals surface area (Å²) in [5.74, 6) is -0.865. The monoisotopic (exact) mass is 483 g/mol. The standard InChI is InChI=1S/C27H21N3O4S/c31-24-15-22(29-27(33)34-16-18-7-3-1-4-8-18)26(32)30(24)21-13-11-19(12-14-21)23-17-35-25(28-23)20-9-5-2-6-10-20/h1-14,17,22H,15-16H2,(H,29,33). The van der Waals surface area contributed by atoms with Crippen LogP contribution in [-0.2, 0) is 20.9 Å². The van der Waals surface area contributed by atoms with Crippen LogP contribution in [0.25, 0.3) is 21.8 Å². The third kappa shape index (κ3) is 4.97. The van der Waals surface area contributed by atoms with Gasteiger partial charge in [0, 0.05) is 16.5 Å². The number of alkyl carbamates (subject to hydrolysis) is 1. The second-order valence-electron chi connectivity index (χ2n) is 7.98. The molecule has 0 radical (unpaired) electrons. The predicted molar refractivity (Wildman–Crippen MR) is 134 cm³/mol. The summed E-state index contributed by atoms with van der Waals surface area (Å²) in [6, 6.07) is 25.3. The Labute approximate surface area is 206 Å². The highest BCUT2D eigenvalue weighted by Crippen LogP contribution is 2.31. The maximum absolute atomic E-state index is 12.9. The third-order valence-electron chi connectivity index (χ3n) is 5.60. The minimum Gasteiger partial charge on any atom is -0.445 e. The SMILES string of the molecule is O=C(NC1CC(=O)N(c2ccc(-c3csc(-c4ccccc4)n3)cc2)C1=O)OCc1ccccc1. The Morgan fingerprint density at radius 2 is 1.63 bits per heavy atom. The van der Waals surface area contributed by atoms with E-state index in [0.29, 0.717) is 5.69 Å². The van der Waals surface area contributed by atoms with E-state index in [9.17, 15) is 14.4 Å². The van der Waals surface area contributed by atoms with E-state index in [4.69, 9.17) is 9.72 Å². The van der Waals surface area contributed by atoms with Gasteiger partial charge >= 0.3 is 6.09 Å². The molecule has 1 saturated heterocycles. The van der Waals surface area contributed by atoms with Crippen LogP contribution in [0.1, 0.15) is 12.0 Å². The van der Waals surface area contributed by atoms with Gasteiger partial charge in [0.15, 0.2) is 0 Å². The number of imide groups is 1. The molecule has 1 aromatic heterocycles. The van der Waals surface area contributed by atoms with Crippen molar-refractivity contribution in [1.29, 1.82) is 0 Å². The highest BCUT2D eigenvalue weighted by atomic mass is 32.1. The van der Waals surface area contributed by atoms with Gasteiger partial charge in [-0.3, -0.25) is 9.59 Å². The molecule has 1 N–H and O–H groups in total. The maximum Gasteiger partial charge on any atom is 0.408 e. The van der Waals surface area contributed by atoms with Crippen molar-refractivity contribution in [1.82, 2.24) is 10.3 Å². The summed E-state index contributed by atoms with van der Waals surface area (Å²) in [5, 5.41) is 5.40. The van der Waals surface area contributed by atoms with Crippen LogP contribution in [0.2, 0.25) is 0 Å². The first-order valence-electron chi connectivity index (χ1n) is 11.0. The predicted octanol–water partition coefficient (Wildman–Crippen LogP) is 5.04. The lowest BCUT2D eigenvalue weighted by Gasteiger charge is -2.16. The average molecular weight is 484 g/mol. The lowest BCUT2D eigenvalue weighted by Crippen LogP contribution is -2.42. The number of carbonyl (C=O) groups excluding carboxylic acids is 3. The minimum atomic E-state index is -0.961. The smallest absolute Gasteiger partial charge is 0.408 e. The number of aromatic nitrogens is 1. The Kier molecular flexibility index (Phi) is 6.36. The highest BCUT2D eigenvalue weighted by Gasteiger charge is 2.40. The second-order valence-corrected chi connectivity index (χ2v) is 8.84. The van der Waals surface area contributed by atoms with Gasteiger partial charge in [0.2, 0.25) is 5.91 Å². The van der Waals surface area contributed by atoms with Crippen LogP contribution >= 0.6 is 11.3 Å². The molecule has 1 aliphatic heterocycles. The Hall–Kier alpha value is -4.30. The largest absolute Gasteiger partial charge is 0.445 e. The van der Waals surface area contributed by atoms with Crippen molar-refractivity contribution in [2.24, 2.45) is 0 Å². The molecule has 1 atom stereocenters. The second kappa shape index (κ2) is 9.90. The number of benzene rings is 3. The summed E-state index contributed by atoms with van der Waals surface area (Å²) >= 11 is 1.55. The lowest BCUT2D eigenvalue weighted by atomic mass is 10.1. The third-order valence-corrected chi connectivity index (χ3v) is 6.49. The Morgan fingerprint density at radius 3 is 2.34 bits per heavy atom. The maximum atomic E-state index is 12.9. The van der Waals surface area contributed by atoms with Gasteiger partial charge in [0.25, 0.3) is 5.91 Å². The van der Waals surface area contributed by atoms with Crippen LogP contribution in [0.15, 0.2) is 90.3 Å². The minimum absolute atomic E-state index is 0.0787. The number of rotatable bonds is 6. The molecule has 4 aromatic rings. The number of amides is 3. The van der Waals surface area contributed by atoms with Crippen LogP contribution in [0.5, 0.6) is 0 Å². The number of nitrogens with zero attached hydrogens (tertiary/aromatic N) is 2. The summed E-state index contributed by atoms with van der Waals surface area (Å²) in [6.45, 7) is 0.0787. The molecule has 2 heterocycles. The molecule has 1 fully saturated rings. The molecule has 0 bridgehead atoms. The van der Waals surface area contributed by atoms with Gasteiger partial charge in [-0.1, -0.05) is 72.8 Å². The summed E-state index contributed by atoms with van der Waals surface area (Å²) in [5.41, 5.74) is 4.03. The highest BCUT2D eigenvalue weighted by molar-refractivity contribution is 7.13. The van der Waals surface area contributed by atoms with Crippen molar-refractivity contribution in [2.45, 2.75) is 19.1 Å². The molecule has 3 aromatic carbocycles. The van der Waals surface area contributed by atoms with Gasteiger partial charge < -0.3 is 10.1 Å². The first-order chi connectivity index (χ1) is 17.1. The van der Waals surface area contributed by atoms with Gasteiger partial charge in [-0.25, -0.2) is 14.7 Å². The molecule has 0 saturated carbocycles. The summed E-state index contributed by atoms with van der Waals surface area (Å²) in [6.07, 6.45) is -0.858. The Bertz CT molecular complexity index is 1350. The number of anilines is 1. The zero-order valence-corrected chi connectivity index (χ0v) is 19.4. The molecule has 1 unspecified atom stereocenters. The van der Waals surface area contributed by atoms with Crippen molar-refractivity contribution in [3.63, 3.8) is 0 Å². The zero-order valence-electron chi connectivity index (χ0n) is 18.6. The average Bonchev–Trinajstić information content (AvgIpc) is 3.49. The van der Waals surface area contributed by atoms with Crippen molar-refractivity contribution < 1.29 is 19.1 Å². The molecule has 1 aliphatic rings.